The summed E-state index contributed by atoms with van der Waals surface area (Å²) in [5.41, 5.74) is 1.87. The van der Waals surface area contributed by atoms with Crippen molar-refractivity contribution in [2.45, 2.75) is 11.4 Å². The molecule has 0 unspecified atom stereocenters. The molecule has 0 radical (unpaired) electrons. The lowest BCUT2D eigenvalue weighted by Gasteiger charge is -2.09. The molecule has 0 atom stereocenters. The lowest BCUT2D eigenvalue weighted by molar-refractivity contribution is 0.0950. The number of nitrogens with one attached hydrogen (secondary N) is 2. The highest BCUT2D eigenvalue weighted by molar-refractivity contribution is 7.89. The minimum absolute atomic E-state index is 0.138. The lowest BCUT2D eigenvalue weighted by atomic mass is 10.1. The first kappa shape index (κ1) is 20.9. The number of halogens is 2. The zero-order valence-corrected chi connectivity index (χ0v) is 16.9. The predicted molar refractivity (Wildman–Crippen MR) is 108 cm³/mol. The van der Waals surface area contributed by atoms with Gasteiger partial charge in [0, 0.05) is 18.3 Å². The zero-order chi connectivity index (χ0) is 21.0. The van der Waals surface area contributed by atoms with Crippen molar-refractivity contribution in [3.63, 3.8) is 0 Å². The van der Waals surface area contributed by atoms with Crippen LogP contribution in [-0.4, -0.2) is 26.4 Å². The zero-order valence-electron chi connectivity index (χ0n) is 15.3. The Morgan fingerprint density at radius 1 is 1.14 bits per heavy atom. The first-order valence-electron chi connectivity index (χ1n) is 8.52. The topological polar surface area (TPSA) is 88.2 Å². The molecule has 3 aromatic rings. The maximum absolute atomic E-state index is 13.4. The molecular formula is C20H17ClFN3O3S. The van der Waals surface area contributed by atoms with Crippen molar-refractivity contribution in [1.82, 2.24) is 15.0 Å². The highest BCUT2D eigenvalue weighted by Crippen LogP contribution is 2.26. The number of aromatic nitrogens is 1. The van der Waals surface area contributed by atoms with Crippen LogP contribution < -0.4 is 10.0 Å². The standard InChI is InChI=1S/C20H17ClFN3O3S/c1-23-29(27,28)17-7-5-13(6-8-17)11-25-20(26)15-10-18(21)19(24-12-15)14-3-2-4-16(22)9-14/h2-10,12,23H,11H2,1H3,(H,25,26). The van der Waals surface area contributed by atoms with E-state index in [-0.39, 0.29) is 22.0 Å². The summed E-state index contributed by atoms with van der Waals surface area (Å²) in [7, 11) is -2.17. The molecule has 0 bridgehead atoms. The Bertz CT molecular complexity index is 1150. The van der Waals surface area contributed by atoms with E-state index in [0.717, 1.165) is 5.56 Å². The number of rotatable bonds is 6. The Kier molecular flexibility index (Phi) is 6.26. The predicted octanol–water partition coefficient (Wildman–Crippen LogP) is 3.38. The second-order valence-electron chi connectivity index (χ2n) is 6.10. The quantitative estimate of drug-likeness (QED) is 0.623. The molecule has 0 saturated carbocycles. The number of amides is 1. The number of hydrogen-bond donors (Lipinski definition) is 2. The Morgan fingerprint density at radius 2 is 1.86 bits per heavy atom. The summed E-state index contributed by atoms with van der Waals surface area (Å²) in [5.74, 6) is -0.798. The van der Waals surface area contributed by atoms with Crippen LogP contribution in [0.15, 0.2) is 65.7 Å². The molecule has 2 aromatic carbocycles. The van der Waals surface area contributed by atoms with Gasteiger partial charge >= 0.3 is 0 Å². The van der Waals surface area contributed by atoms with Crippen molar-refractivity contribution >= 4 is 27.5 Å². The summed E-state index contributed by atoms with van der Waals surface area (Å²) in [5, 5.41) is 2.95. The number of hydrogen-bond acceptors (Lipinski definition) is 4. The molecule has 0 saturated heterocycles. The summed E-state index contributed by atoms with van der Waals surface area (Å²) in [6, 6.07) is 13.5. The molecule has 9 heteroatoms. The summed E-state index contributed by atoms with van der Waals surface area (Å²) < 4.78 is 39.1. The Morgan fingerprint density at radius 3 is 2.48 bits per heavy atom. The third-order valence-electron chi connectivity index (χ3n) is 4.16. The number of nitrogens with zero attached hydrogens (tertiary/aromatic N) is 1. The molecule has 1 heterocycles. The summed E-state index contributed by atoms with van der Waals surface area (Å²) in [4.78, 5) is 16.7. The van der Waals surface area contributed by atoms with Gasteiger partial charge in [-0.25, -0.2) is 17.5 Å². The van der Waals surface area contributed by atoms with Crippen molar-refractivity contribution < 1.29 is 17.6 Å². The van der Waals surface area contributed by atoms with Gasteiger partial charge in [0.2, 0.25) is 10.0 Å². The SMILES string of the molecule is CNS(=O)(=O)c1ccc(CNC(=O)c2cnc(-c3cccc(F)c3)c(Cl)c2)cc1. The summed E-state index contributed by atoms with van der Waals surface area (Å²) in [6.07, 6.45) is 1.37. The van der Waals surface area contributed by atoms with E-state index in [9.17, 15) is 17.6 Å². The van der Waals surface area contributed by atoms with Gasteiger partial charge in [-0.1, -0.05) is 35.9 Å². The maximum atomic E-state index is 13.4. The van der Waals surface area contributed by atoms with E-state index in [1.54, 1.807) is 24.3 Å². The van der Waals surface area contributed by atoms with Crippen LogP contribution in [-0.2, 0) is 16.6 Å². The maximum Gasteiger partial charge on any atom is 0.253 e. The van der Waals surface area contributed by atoms with Gasteiger partial charge in [-0.05, 0) is 42.9 Å². The van der Waals surface area contributed by atoms with Crippen LogP contribution in [0.2, 0.25) is 5.02 Å². The van der Waals surface area contributed by atoms with Crippen LogP contribution >= 0.6 is 11.6 Å². The third-order valence-corrected chi connectivity index (χ3v) is 5.88. The monoisotopic (exact) mass is 433 g/mol. The molecule has 2 N–H and O–H groups in total. The molecule has 0 aliphatic carbocycles. The molecule has 0 aliphatic rings. The minimum atomic E-state index is -3.51. The van der Waals surface area contributed by atoms with Gasteiger partial charge in [-0.15, -0.1) is 0 Å². The second kappa shape index (κ2) is 8.69. The first-order valence-corrected chi connectivity index (χ1v) is 10.4. The Labute approximate surface area is 172 Å². The van der Waals surface area contributed by atoms with E-state index >= 15 is 0 Å². The molecule has 0 spiro atoms. The summed E-state index contributed by atoms with van der Waals surface area (Å²) in [6.45, 7) is 0.196. The van der Waals surface area contributed by atoms with Crippen LogP contribution in [0, 0.1) is 5.82 Å². The Hall–Kier alpha value is -2.81. The van der Waals surface area contributed by atoms with Gasteiger partial charge in [0.1, 0.15) is 5.82 Å². The van der Waals surface area contributed by atoms with Crippen molar-refractivity contribution in [1.29, 1.82) is 0 Å². The normalized spacial score (nSPS) is 11.3. The number of carbonyl (C=O) groups is 1. The summed E-state index contributed by atoms with van der Waals surface area (Å²) >= 11 is 6.22. The van der Waals surface area contributed by atoms with Crippen LogP contribution in [0.3, 0.4) is 0 Å². The average molecular weight is 434 g/mol. The van der Waals surface area contributed by atoms with Gasteiger partial charge in [0.25, 0.3) is 5.91 Å². The number of sulfonamides is 1. The Balaban J connectivity index is 1.69. The van der Waals surface area contributed by atoms with E-state index in [1.165, 1.54) is 43.6 Å². The van der Waals surface area contributed by atoms with Crippen LogP contribution in [0.5, 0.6) is 0 Å². The van der Waals surface area contributed by atoms with Crippen molar-refractivity contribution in [3.05, 3.63) is 82.8 Å². The molecule has 6 nitrogen and oxygen atoms in total. The largest absolute Gasteiger partial charge is 0.348 e. The van der Waals surface area contributed by atoms with Gasteiger partial charge in [0.15, 0.2) is 0 Å². The van der Waals surface area contributed by atoms with Gasteiger partial charge in [-0.3, -0.25) is 9.78 Å². The van der Waals surface area contributed by atoms with Crippen LogP contribution in [0.25, 0.3) is 11.3 Å². The third kappa shape index (κ3) is 4.97. The molecule has 1 amide bonds. The molecule has 0 fully saturated rings. The second-order valence-corrected chi connectivity index (χ2v) is 8.39. The molecule has 150 valence electrons. The van der Waals surface area contributed by atoms with E-state index in [1.807, 2.05) is 0 Å². The van der Waals surface area contributed by atoms with E-state index in [4.69, 9.17) is 11.6 Å². The fraction of sp³-hybridized carbons (Fsp3) is 0.100. The van der Waals surface area contributed by atoms with Crippen LogP contribution in [0.1, 0.15) is 15.9 Å². The first-order chi connectivity index (χ1) is 13.8. The molecular weight excluding hydrogens is 417 g/mol. The number of pyridine rings is 1. The average Bonchev–Trinajstić information content (AvgIpc) is 2.72. The van der Waals surface area contributed by atoms with E-state index in [0.29, 0.717) is 11.3 Å². The number of benzene rings is 2. The van der Waals surface area contributed by atoms with Crippen LogP contribution in [0.4, 0.5) is 4.39 Å². The van der Waals surface area contributed by atoms with Crippen molar-refractivity contribution in [3.8, 4) is 11.3 Å². The van der Waals surface area contributed by atoms with Gasteiger partial charge < -0.3 is 5.32 Å². The van der Waals surface area contributed by atoms with Crippen molar-refractivity contribution in [2.75, 3.05) is 7.05 Å². The lowest BCUT2D eigenvalue weighted by Crippen LogP contribution is -2.23. The van der Waals surface area contributed by atoms with Gasteiger partial charge in [0.05, 0.1) is 21.2 Å². The molecule has 3 rings (SSSR count). The van der Waals surface area contributed by atoms with E-state index < -0.39 is 21.7 Å². The molecule has 29 heavy (non-hydrogen) atoms. The highest BCUT2D eigenvalue weighted by atomic mass is 35.5. The van der Waals surface area contributed by atoms with Gasteiger partial charge in [-0.2, -0.15) is 0 Å². The minimum Gasteiger partial charge on any atom is -0.348 e. The highest BCUT2D eigenvalue weighted by Gasteiger charge is 2.13. The smallest absolute Gasteiger partial charge is 0.253 e. The fourth-order valence-electron chi connectivity index (χ4n) is 2.60. The van der Waals surface area contributed by atoms with Crippen molar-refractivity contribution in [2.24, 2.45) is 0 Å². The fourth-order valence-corrected chi connectivity index (χ4v) is 3.60. The van der Waals surface area contributed by atoms with E-state index in [2.05, 4.69) is 15.0 Å². The number of carbonyl (C=O) groups excluding carboxylic acids is 1. The molecule has 1 aromatic heterocycles. The molecule has 0 aliphatic heterocycles.